The third kappa shape index (κ3) is 3.41. The van der Waals surface area contributed by atoms with Gasteiger partial charge in [-0.1, -0.05) is 6.07 Å². The monoisotopic (exact) mass is 287 g/mol. The maximum absolute atomic E-state index is 4.29. The fraction of sp³-hybridized carbons (Fsp3) is 0.625. The maximum atomic E-state index is 4.29. The Morgan fingerprint density at radius 1 is 1.24 bits per heavy atom. The van der Waals surface area contributed by atoms with Gasteiger partial charge in [0, 0.05) is 18.3 Å². The van der Waals surface area contributed by atoms with E-state index >= 15 is 0 Å². The lowest BCUT2D eigenvalue weighted by molar-refractivity contribution is 0.229. The van der Waals surface area contributed by atoms with Gasteiger partial charge in [-0.25, -0.2) is 0 Å². The van der Waals surface area contributed by atoms with Crippen LogP contribution in [0.15, 0.2) is 24.4 Å². The minimum atomic E-state index is 0.588. The number of rotatable bonds is 4. The lowest BCUT2D eigenvalue weighted by Crippen LogP contribution is -2.34. The molecule has 5 heteroatoms. The van der Waals surface area contributed by atoms with Gasteiger partial charge in [0.25, 0.3) is 0 Å². The van der Waals surface area contributed by atoms with Gasteiger partial charge < -0.3 is 10.2 Å². The maximum Gasteiger partial charge on any atom is 0.160 e. The van der Waals surface area contributed by atoms with Crippen LogP contribution in [0.2, 0.25) is 0 Å². The Hall–Kier alpha value is -1.46. The third-order valence-corrected chi connectivity index (χ3v) is 4.43. The smallest absolute Gasteiger partial charge is 0.160 e. The van der Waals surface area contributed by atoms with E-state index in [0.29, 0.717) is 12.1 Å². The van der Waals surface area contributed by atoms with Crippen LogP contribution in [0.5, 0.6) is 0 Å². The van der Waals surface area contributed by atoms with Gasteiger partial charge in [-0.3, -0.25) is 4.40 Å². The summed E-state index contributed by atoms with van der Waals surface area (Å²) in [5.74, 6) is 0.996. The molecule has 1 N–H and O–H groups in total. The van der Waals surface area contributed by atoms with Gasteiger partial charge in [0.15, 0.2) is 11.5 Å². The van der Waals surface area contributed by atoms with Gasteiger partial charge in [-0.05, 0) is 58.3 Å². The van der Waals surface area contributed by atoms with Gasteiger partial charge in [-0.15, -0.1) is 10.2 Å². The number of fused-ring (bicyclic) bond motifs is 1. The zero-order valence-electron chi connectivity index (χ0n) is 13.0. The molecular weight excluding hydrogens is 262 g/mol. The van der Waals surface area contributed by atoms with Gasteiger partial charge in [0.2, 0.25) is 0 Å². The van der Waals surface area contributed by atoms with Gasteiger partial charge in [-0.2, -0.15) is 0 Å². The van der Waals surface area contributed by atoms with E-state index in [1.54, 1.807) is 0 Å². The van der Waals surface area contributed by atoms with Crippen molar-refractivity contribution in [1.29, 1.82) is 0 Å². The summed E-state index contributed by atoms with van der Waals surface area (Å²) < 4.78 is 2.06. The minimum absolute atomic E-state index is 0.588. The molecule has 0 aromatic carbocycles. The second-order valence-electron chi connectivity index (χ2n) is 6.18. The summed E-state index contributed by atoms with van der Waals surface area (Å²) in [7, 11) is 0. The van der Waals surface area contributed by atoms with E-state index in [1.807, 2.05) is 24.4 Å². The highest BCUT2D eigenvalue weighted by Crippen LogP contribution is 2.14. The summed E-state index contributed by atoms with van der Waals surface area (Å²) in [5, 5.41) is 12.2. The Morgan fingerprint density at radius 2 is 2.14 bits per heavy atom. The zero-order valence-corrected chi connectivity index (χ0v) is 13.0. The molecule has 0 amide bonds. The van der Waals surface area contributed by atoms with Crippen LogP contribution < -0.4 is 5.32 Å². The number of nitrogens with one attached hydrogen (secondary N) is 1. The van der Waals surface area contributed by atoms with E-state index in [4.69, 9.17) is 0 Å². The van der Waals surface area contributed by atoms with Crippen LogP contribution in [-0.4, -0.2) is 44.7 Å². The summed E-state index contributed by atoms with van der Waals surface area (Å²) in [6, 6.07) is 7.25. The second kappa shape index (κ2) is 6.54. The largest absolute Gasteiger partial charge is 0.307 e. The average molecular weight is 287 g/mol. The molecule has 3 heterocycles. The average Bonchev–Trinajstić information content (AvgIpc) is 2.74. The number of aromatic nitrogens is 3. The van der Waals surface area contributed by atoms with Crippen molar-refractivity contribution in [2.45, 2.75) is 51.7 Å². The number of hydrogen-bond acceptors (Lipinski definition) is 4. The number of nitrogens with zero attached hydrogens (tertiary/aromatic N) is 4. The van der Waals surface area contributed by atoms with Gasteiger partial charge in [0.1, 0.15) is 0 Å². The van der Waals surface area contributed by atoms with Crippen LogP contribution >= 0.6 is 0 Å². The summed E-state index contributed by atoms with van der Waals surface area (Å²) >= 11 is 0. The second-order valence-corrected chi connectivity index (χ2v) is 6.18. The Kier molecular flexibility index (Phi) is 4.51. The van der Waals surface area contributed by atoms with Gasteiger partial charge in [0.05, 0.1) is 6.54 Å². The molecule has 114 valence electrons. The predicted molar refractivity (Wildman–Crippen MR) is 84.2 cm³/mol. The molecule has 1 aliphatic heterocycles. The highest BCUT2D eigenvalue weighted by atomic mass is 15.3. The number of likely N-dealkylation sites (tertiary alicyclic amines) is 1. The van der Waals surface area contributed by atoms with E-state index in [2.05, 4.69) is 38.7 Å². The van der Waals surface area contributed by atoms with Gasteiger partial charge >= 0.3 is 0 Å². The molecule has 2 aromatic heterocycles. The molecular formula is C16H25N5. The molecule has 1 unspecified atom stereocenters. The Bertz CT molecular complexity index is 577. The van der Waals surface area contributed by atoms with Crippen LogP contribution in [0.3, 0.4) is 0 Å². The van der Waals surface area contributed by atoms with E-state index < -0.39 is 0 Å². The quantitative estimate of drug-likeness (QED) is 0.935. The Balaban J connectivity index is 1.58. The molecule has 0 bridgehead atoms. The first-order valence-corrected chi connectivity index (χ1v) is 8.00. The van der Waals surface area contributed by atoms with Crippen molar-refractivity contribution in [2.24, 2.45) is 0 Å². The molecule has 3 rings (SSSR count). The summed E-state index contributed by atoms with van der Waals surface area (Å²) in [6.45, 7) is 7.78. The van der Waals surface area contributed by atoms with Crippen LogP contribution in [-0.2, 0) is 6.54 Å². The topological polar surface area (TPSA) is 45.5 Å². The zero-order chi connectivity index (χ0) is 14.7. The Morgan fingerprint density at radius 3 is 3.00 bits per heavy atom. The van der Waals surface area contributed by atoms with Crippen LogP contribution in [0, 0.1) is 0 Å². The van der Waals surface area contributed by atoms with E-state index in [-0.39, 0.29) is 0 Å². The normalized spacial score (nSPS) is 21.0. The SMILES string of the molecule is CC(C)N1CCCC(NCc2nnc3ccccn23)CC1. The van der Waals surface area contributed by atoms with Crippen molar-refractivity contribution < 1.29 is 0 Å². The van der Waals surface area contributed by atoms with Crippen molar-refractivity contribution in [3.05, 3.63) is 30.2 Å². The third-order valence-electron chi connectivity index (χ3n) is 4.43. The van der Waals surface area contributed by atoms with Crippen molar-refractivity contribution >= 4 is 5.65 Å². The molecule has 0 aliphatic carbocycles. The molecule has 0 saturated carbocycles. The van der Waals surface area contributed by atoms with Crippen LogP contribution in [0.4, 0.5) is 0 Å². The molecule has 0 radical (unpaired) electrons. The van der Waals surface area contributed by atoms with E-state index in [0.717, 1.165) is 18.0 Å². The lowest BCUT2D eigenvalue weighted by Gasteiger charge is -2.24. The van der Waals surface area contributed by atoms with E-state index in [1.165, 1.54) is 32.4 Å². The fourth-order valence-corrected chi connectivity index (χ4v) is 3.09. The van der Waals surface area contributed by atoms with Crippen molar-refractivity contribution in [3.63, 3.8) is 0 Å². The highest BCUT2D eigenvalue weighted by molar-refractivity contribution is 5.36. The van der Waals surface area contributed by atoms with Crippen molar-refractivity contribution in [1.82, 2.24) is 24.8 Å². The summed E-state index contributed by atoms with van der Waals surface area (Å²) in [4.78, 5) is 2.58. The lowest BCUT2D eigenvalue weighted by atomic mass is 10.1. The molecule has 1 atom stereocenters. The standard InChI is InChI=1S/C16H25N5/c1-13(2)20-9-5-6-14(8-11-20)17-12-16-19-18-15-7-3-4-10-21(15)16/h3-4,7,10,13-14,17H,5-6,8-9,11-12H2,1-2H3. The molecule has 2 aromatic rings. The molecule has 1 saturated heterocycles. The van der Waals surface area contributed by atoms with Crippen LogP contribution in [0.25, 0.3) is 5.65 Å². The molecule has 5 nitrogen and oxygen atoms in total. The number of hydrogen-bond donors (Lipinski definition) is 1. The molecule has 21 heavy (non-hydrogen) atoms. The minimum Gasteiger partial charge on any atom is -0.307 e. The first-order chi connectivity index (χ1) is 10.2. The highest BCUT2D eigenvalue weighted by Gasteiger charge is 2.18. The fourth-order valence-electron chi connectivity index (χ4n) is 3.09. The van der Waals surface area contributed by atoms with E-state index in [9.17, 15) is 0 Å². The molecule has 1 aliphatic rings. The van der Waals surface area contributed by atoms with Crippen molar-refractivity contribution in [2.75, 3.05) is 13.1 Å². The summed E-state index contributed by atoms with van der Waals surface area (Å²) in [5.41, 5.74) is 0.918. The number of pyridine rings is 1. The first-order valence-electron chi connectivity index (χ1n) is 8.00. The van der Waals surface area contributed by atoms with Crippen LogP contribution in [0.1, 0.15) is 38.9 Å². The molecule has 0 spiro atoms. The van der Waals surface area contributed by atoms with Crippen molar-refractivity contribution in [3.8, 4) is 0 Å². The predicted octanol–water partition coefficient (Wildman–Crippen LogP) is 2.08. The first kappa shape index (κ1) is 14.5. The molecule has 1 fully saturated rings. The Labute approximate surface area is 126 Å². The summed E-state index contributed by atoms with van der Waals surface area (Å²) in [6.07, 6.45) is 5.77.